The van der Waals surface area contributed by atoms with E-state index in [9.17, 15) is 19.7 Å². The largest absolute Gasteiger partial charge is 0.465 e. The van der Waals surface area contributed by atoms with E-state index in [0.29, 0.717) is 5.69 Å². The molecule has 114 valence electrons. The Morgan fingerprint density at radius 2 is 1.91 bits per heavy atom. The van der Waals surface area contributed by atoms with E-state index in [1.54, 1.807) is 6.07 Å². The van der Waals surface area contributed by atoms with Gasteiger partial charge in [0, 0.05) is 18.3 Å². The molecule has 0 fully saturated rings. The second kappa shape index (κ2) is 6.04. The number of hydrogen-bond acceptors (Lipinski definition) is 7. The Labute approximate surface area is 124 Å². The van der Waals surface area contributed by atoms with Crippen LogP contribution in [0.3, 0.4) is 0 Å². The molecule has 2 rings (SSSR count). The maximum Gasteiger partial charge on any atom is 0.359 e. The molecule has 0 aliphatic carbocycles. The van der Waals surface area contributed by atoms with Crippen molar-refractivity contribution >= 4 is 17.6 Å². The summed E-state index contributed by atoms with van der Waals surface area (Å²) in [6, 6.07) is 5.58. The molecule has 0 radical (unpaired) electrons. The lowest BCUT2D eigenvalue weighted by Crippen LogP contribution is -2.10. The lowest BCUT2D eigenvalue weighted by Gasteiger charge is -2.00. The van der Waals surface area contributed by atoms with Crippen molar-refractivity contribution in [2.24, 2.45) is 0 Å². The maximum atomic E-state index is 11.7. The van der Waals surface area contributed by atoms with Crippen LogP contribution < -0.4 is 0 Å². The lowest BCUT2D eigenvalue weighted by atomic mass is 10.2. The van der Waals surface area contributed by atoms with Crippen molar-refractivity contribution in [1.82, 2.24) is 9.78 Å². The van der Waals surface area contributed by atoms with E-state index in [-0.39, 0.29) is 16.9 Å². The number of methoxy groups -OCH3 is 2. The number of esters is 2. The quantitative estimate of drug-likeness (QED) is 0.476. The summed E-state index contributed by atoms with van der Waals surface area (Å²) in [7, 11) is 2.31. The van der Waals surface area contributed by atoms with Crippen molar-refractivity contribution in [3.8, 4) is 5.69 Å². The van der Waals surface area contributed by atoms with Crippen molar-refractivity contribution in [3.05, 3.63) is 51.8 Å². The molecule has 22 heavy (non-hydrogen) atoms. The zero-order valence-electron chi connectivity index (χ0n) is 11.7. The van der Waals surface area contributed by atoms with Crippen molar-refractivity contribution in [3.63, 3.8) is 0 Å². The second-order valence-electron chi connectivity index (χ2n) is 4.10. The number of benzene rings is 1. The summed E-state index contributed by atoms with van der Waals surface area (Å²) >= 11 is 0. The monoisotopic (exact) mass is 305 g/mol. The molecule has 0 atom stereocenters. The zero-order valence-corrected chi connectivity index (χ0v) is 11.7. The fourth-order valence-corrected chi connectivity index (χ4v) is 1.76. The number of nitro benzene ring substituents is 1. The van der Waals surface area contributed by atoms with Crippen molar-refractivity contribution in [1.29, 1.82) is 0 Å². The van der Waals surface area contributed by atoms with Gasteiger partial charge in [0.25, 0.3) is 5.69 Å². The van der Waals surface area contributed by atoms with Gasteiger partial charge in [-0.3, -0.25) is 10.1 Å². The molecular formula is C13H11N3O6. The number of carbonyl (C=O) groups excluding carboxylic acids is 2. The van der Waals surface area contributed by atoms with Gasteiger partial charge in [-0.1, -0.05) is 6.07 Å². The normalized spacial score (nSPS) is 10.1. The van der Waals surface area contributed by atoms with Crippen molar-refractivity contribution in [2.75, 3.05) is 14.2 Å². The summed E-state index contributed by atoms with van der Waals surface area (Å²) in [5.41, 5.74) is -0.163. The highest BCUT2D eigenvalue weighted by Crippen LogP contribution is 2.19. The van der Waals surface area contributed by atoms with Crippen LogP contribution in [0.4, 0.5) is 5.69 Å². The Hall–Kier alpha value is -3.23. The highest BCUT2D eigenvalue weighted by Gasteiger charge is 2.24. The van der Waals surface area contributed by atoms with E-state index >= 15 is 0 Å². The van der Waals surface area contributed by atoms with Gasteiger partial charge in [0.15, 0.2) is 5.69 Å². The van der Waals surface area contributed by atoms with Gasteiger partial charge in [-0.2, -0.15) is 5.10 Å². The van der Waals surface area contributed by atoms with Crippen LogP contribution >= 0.6 is 0 Å². The molecule has 0 saturated carbocycles. The summed E-state index contributed by atoms with van der Waals surface area (Å²) in [5, 5.41) is 14.7. The third-order valence-corrected chi connectivity index (χ3v) is 2.80. The van der Waals surface area contributed by atoms with Crippen LogP contribution in [0, 0.1) is 10.1 Å². The summed E-state index contributed by atoms with van der Waals surface area (Å²) in [6.45, 7) is 0. The van der Waals surface area contributed by atoms with Gasteiger partial charge in [-0.15, -0.1) is 0 Å². The Kier molecular flexibility index (Phi) is 4.16. The molecule has 0 aliphatic rings. The predicted molar refractivity (Wildman–Crippen MR) is 72.9 cm³/mol. The Bertz CT molecular complexity index is 718. The molecule has 9 heteroatoms. The van der Waals surface area contributed by atoms with E-state index in [2.05, 4.69) is 14.6 Å². The number of rotatable bonds is 4. The minimum absolute atomic E-state index is 0.0964. The van der Waals surface area contributed by atoms with Crippen LogP contribution in [0.2, 0.25) is 0 Å². The fourth-order valence-electron chi connectivity index (χ4n) is 1.76. The minimum Gasteiger partial charge on any atom is -0.465 e. The van der Waals surface area contributed by atoms with E-state index in [1.807, 2.05) is 0 Å². The highest BCUT2D eigenvalue weighted by atomic mass is 16.6. The molecule has 1 aromatic carbocycles. The Balaban J connectivity index is 2.55. The number of nitro groups is 1. The highest BCUT2D eigenvalue weighted by molar-refractivity contribution is 6.01. The third kappa shape index (κ3) is 2.77. The number of ether oxygens (including phenoxy) is 2. The van der Waals surface area contributed by atoms with Gasteiger partial charge >= 0.3 is 11.9 Å². The second-order valence-corrected chi connectivity index (χ2v) is 4.10. The first-order valence-electron chi connectivity index (χ1n) is 5.99. The number of carbonyl (C=O) groups is 2. The number of non-ortho nitro benzene ring substituents is 1. The Morgan fingerprint density at radius 1 is 1.23 bits per heavy atom. The number of nitrogens with zero attached hydrogens (tertiary/aromatic N) is 3. The smallest absolute Gasteiger partial charge is 0.359 e. The van der Waals surface area contributed by atoms with Crippen LogP contribution in [0.5, 0.6) is 0 Å². The standard InChI is InChI=1S/C13H11N3O6/c1-21-12(17)10-7-15(14-11(10)13(18)22-2)8-4-3-5-9(6-8)16(19)20/h3-7H,1-2H3. The molecule has 0 amide bonds. The lowest BCUT2D eigenvalue weighted by molar-refractivity contribution is -0.384. The summed E-state index contributed by atoms with van der Waals surface area (Å²) in [5.74, 6) is -1.58. The van der Waals surface area contributed by atoms with Gasteiger partial charge in [-0.05, 0) is 6.07 Å². The fraction of sp³-hybridized carbons (Fsp3) is 0.154. The molecule has 0 saturated heterocycles. The SMILES string of the molecule is COC(=O)c1cn(-c2cccc([N+](=O)[O-])c2)nc1C(=O)OC. The number of hydrogen-bond donors (Lipinski definition) is 0. The van der Waals surface area contributed by atoms with E-state index in [0.717, 1.165) is 14.2 Å². The van der Waals surface area contributed by atoms with Gasteiger partial charge in [0.05, 0.1) is 24.8 Å². The maximum absolute atomic E-state index is 11.7. The van der Waals surface area contributed by atoms with E-state index < -0.39 is 16.9 Å². The molecular weight excluding hydrogens is 294 g/mol. The van der Waals surface area contributed by atoms with Gasteiger partial charge in [-0.25, -0.2) is 14.3 Å². The topological polar surface area (TPSA) is 114 Å². The molecule has 1 aromatic heterocycles. The van der Waals surface area contributed by atoms with Gasteiger partial charge in [0.2, 0.25) is 0 Å². The van der Waals surface area contributed by atoms with Crippen LogP contribution in [-0.4, -0.2) is 40.9 Å². The van der Waals surface area contributed by atoms with Crippen LogP contribution in [0.25, 0.3) is 5.69 Å². The molecule has 0 unspecified atom stereocenters. The predicted octanol–water partition coefficient (Wildman–Crippen LogP) is 1.35. The van der Waals surface area contributed by atoms with Crippen molar-refractivity contribution in [2.45, 2.75) is 0 Å². The molecule has 1 heterocycles. The zero-order chi connectivity index (χ0) is 16.3. The molecule has 9 nitrogen and oxygen atoms in total. The first-order valence-corrected chi connectivity index (χ1v) is 5.99. The molecule has 0 bridgehead atoms. The van der Waals surface area contributed by atoms with Crippen LogP contribution in [0.15, 0.2) is 30.5 Å². The Morgan fingerprint density at radius 3 is 2.50 bits per heavy atom. The molecule has 0 aliphatic heterocycles. The van der Waals surface area contributed by atoms with E-state index in [1.165, 1.54) is 29.1 Å². The van der Waals surface area contributed by atoms with Gasteiger partial charge in [0.1, 0.15) is 5.56 Å². The first kappa shape index (κ1) is 15.2. The van der Waals surface area contributed by atoms with Gasteiger partial charge < -0.3 is 9.47 Å². The van der Waals surface area contributed by atoms with Crippen LogP contribution in [0.1, 0.15) is 20.8 Å². The molecule has 0 spiro atoms. The minimum atomic E-state index is -0.815. The van der Waals surface area contributed by atoms with E-state index in [4.69, 9.17) is 0 Å². The molecule has 0 N–H and O–H groups in total. The van der Waals surface area contributed by atoms with Crippen LogP contribution in [-0.2, 0) is 9.47 Å². The number of aromatic nitrogens is 2. The summed E-state index contributed by atoms with van der Waals surface area (Å²) in [4.78, 5) is 33.6. The third-order valence-electron chi connectivity index (χ3n) is 2.80. The summed E-state index contributed by atoms with van der Waals surface area (Å²) in [6.07, 6.45) is 1.25. The summed E-state index contributed by atoms with van der Waals surface area (Å²) < 4.78 is 10.3. The average molecular weight is 305 g/mol. The molecule has 2 aromatic rings. The average Bonchev–Trinajstić information content (AvgIpc) is 2.98. The first-order chi connectivity index (χ1) is 10.5. The van der Waals surface area contributed by atoms with Crippen molar-refractivity contribution < 1.29 is 24.0 Å².